The van der Waals surface area contributed by atoms with Crippen LogP contribution in [0.4, 0.5) is 0 Å². The van der Waals surface area contributed by atoms with Crippen molar-refractivity contribution in [2.45, 2.75) is 40.3 Å². The van der Waals surface area contributed by atoms with Crippen molar-refractivity contribution in [3.05, 3.63) is 12.2 Å². The van der Waals surface area contributed by atoms with E-state index in [1.54, 1.807) is 0 Å². The quantitative estimate of drug-likeness (QED) is 0.428. The van der Waals surface area contributed by atoms with E-state index in [4.69, 9.17) is 18.9 Å². The predicted octanol–water partition coefficient (Wildman–Crippen LogP) is 2.34. The first-order valence-corrected chi connectivity index (χ1v) is 5.93. The van der Waals surface area contributed by atoms with Gasteiger partial charge in [-0.2, -0.15) is 0 Å². The maximum atomic E-state index is 5.37. The second-order valence-electron chi connectivity index (χ2n) is 2.94. The summed E-state index contributed by atoms with van der Waals surface area (Å²) in [5.74, 6) is 0. The molecule has 16 heavy (non-hydrogen) atoms. The molecule has 0 aromatic carbocycles. The largest absolute Gasteiger partial charge is 0.349 e. The Morgan fingerprint density at radius 2 is 0.875 bits per heavy atom. The summed E-state index contributed by atoms with van der Waals surface area (Å²) in [6.07, 6.45) is 3.00. The van der Waals surface area contributed by atoms with Crippen LogP contribution in [-0.4, -0.2) is 39.0 Å². The first-order valence-electron chi connectivity index (χ1n) is 5.93. The first kappa shape index (κ1) is 15.6. The standard InChI is InChI=1S/C12H24O4/c1-5-13-11(14-6-2)9-10-12(15-7-3)16-8-4/h9-12H,5-8H2,1-4H3/b10-9+. The van der Waals surface area contributed by atoms with Crippen LogP contribution in [0.5, 0.6) is 0 Å². The molecule has 0 aromatic heterocycles. The Kier molecular flexibility index (Phi) is 10.8. The summed E-state index contributed by atoms with van der Waals surface area (Å²) in [5, 5.41) is 0. The molecule has 0 spiro atoms. The third kappa shape index (κ3) is 7.82. The van der Waals surface area contributed by atoms with E-state index in [0.717, 1.165) is 0 Å². The highest BCUT2D eigenvalue weighted by atomic mass is 16.7. The summed E-state index contributed by atoms with van der Waals surface area (Å²) in [4.78, 5) is 0. The summed E-state index contributed by atoms with van der Waals surface area (Å²) in [7, 11) is 0. The topological polar surface area (TPSA) is 36.9 Å². The molecule has 0 heterocycles. The van der Waals surface area contributed by atoms with Gasteiger partial charge in [-0.25, -0.2) is 0 Å². The minimum Gasteiger partial charge on any atom is -0.349 e. The van der Waals surface area contributed by atoms with Crippen LogP contribution in [0.3, 0.4) is 0 Å². The Hall–Kier alpha value is -0.420. The Bertz CT molecular complexity index is 140. The predicted molar refractivity (Wildman–Crippen MR) is 63.2 cm³/mol. The van der Waals surface area contributed by atoms with Crippen molar-refractivity contribution >= 4 is 0 Å². The van der Waals surface area contributed by atoms with Gasteiger partial charge in [0.25, 0.3) is 0 Å². The highest BCUT2D eigenvalue weighted by Gasteiger charge is 2.06. The lowest BCUT2D eigenvalue weighted by Gasteiger charge is -2.15. The fourth-order valence-corrected chi connectivity index (χ4v) is 1.16. The molecule has 0 radical (unpaired) electrons. The molecule has 0 aliphatic heterocycles. The smallest absolute Gasteiger partial charge is 0.176 e. The second-order valence-corrected chi connectivity index (χ2v) is 2.94. The zero-order valence-corrected chi connectivity index (χ0v) is 10.8. The molecule has 0 bridgehead atoms. The minimum absolute atomic E-state index is 0.321. The lowest BCUT2D eigenvalue weighted by atomic mass is 10.4. The van der Waals surface area contributed by atoms with Gasteiger partial charge in [0.2, 0.25) is 0 Å². The molecule has 0 N–H and O–H groups in total. The first-order chi connectivity index (χ1) is 7.78. The molecule has 0 aliphatic rings. The molecule has 0 aliphatic carbocycles. The SMILES string of the molecule is CCOC(/C=C/C(OCC)OCC)OCC. The Morgan fingerprint density at radius 1 is 0.625 bits per heavy atom. The van der Waals surface area contributed by atoms with Crippen molar-refractivity contribution < 1.29 is 18.9 Å². The maximum Gasteiger partial charge on any atom is 0.176 e. The Balaban J connectivity index is 4.12. The molecule has 4 nitrogen and oxygen atoms in total. The van der Waals surface area contributed by atoms with Crippen LogP contribution in [0.25, 0.3) is 0 Å². The van der Waals surface area contributed by atoms with E-state index in [-0.39, 0.29) is 12.6 Å². The highest BCUT2D eigenvalue weighted by Crippen LogP contribution is 2.02. The molecule has 0 fully saturated rings. The van der Waals surface area contributed by atoms with Crippen molar-refractivity contribution in [3.8, 4) is 0 Å². The van der Waals surface area contributed by atoms with Gasteiger partial charge in [0, 0.05) is 26.4 Å². The fourth-order valence-electron chi connectivity index (χ4n) is 1.16. The Labute approximate surface area is 98.5 Å². The van der Waals surface area contributed by atoms with Crippen LogP contribution in [0.2, 0.25) is 0 Å². The number of rotatable bonds is 10. The van der Waals surface area contributed by atoms with Crippen molar-refractivity contribution in [1.82, 2.24) is 0 Å². The summed E-state index contributed by atoms with van der Waals surface area (Å²) in [6, 6.07) is 0. The molecule has 4 heteroatoms. The van der Waals surface area contributed by atoms with Crippen LogP contribution in [0.15, 0.2) is 12.2 Å². The van der Waals surface area contributed by atoms with Crippen molar-refractivity contribution in [2.75, 3.05) is 26.4 Å². The van der Waals surface area contributed by atoms with E-state index in [2.05, 4.69) is 0 Å². The third-order valence-corrected chi connectivity index (χ3v) is 1.75. The lowest BCUT2D eigenvalue weighted by molar-refractivity contribution is -0.115. The summed E-state index contributed by atoms with van der Waals surface area (Å²) in [6.45, 7) is 10.2. The molecule has 96 valence electrons. The molecular formula is C12H24O4. The molecule has 0 saturated carbocycles. The van der Waals surface area contributed by atoms with Gasteiger partial charge >= 0.3 is 0 Å². The number of hydrogen-bond donors (Lipinski definition) is 0. The molecular weight excluding hydrogens is 208 g/mol. The normalized spacial score (nSPS) is 12.1. The average molecular weight is 232 g/mol. The van der Waals surface area contributed by atoms with Crippen LogP contribution in [0, 0.1) is 0 Å². The van der Waals surface area contributed by atoms with Crippen molar-refractivity contribution in [2.24, 2.45) is 0 Å². The maximum absolute atomic E-state index is 5.37. The van der Waals surface area contributed by atoms with Crippen LogP contribution in [-0.2, 0) is 18.9 Å². The molecule has 0 atom stereocenters. The molecule has 0 rings (SSSR count). The zero-order chi connectivity index (χ0) is 12.2. The van der Waals surface area contributed by atoms with E-state index in [9.17, 15) is 0 Å². The number of ether oxygens (including phenoxy) is 4. The second kappa shape index (κ2) is 11.1. The Morgan fingerprint density at radius 3 is 1.06 bits per heavy atom. The molecule has 0 unspecified atom stereocenters. The summed E-state index contributed by atoms with van der Waals surface area (Å²) >= 11 is 0. The van der Waals surface area contributed by atoms with Gasteiger partial charge in [0.05, 0.1) is 0 Å². The van der Waals surface area contributed by atoms with Gasteiger partial charge < -0.3 is 18.9 Å². The zero-order valence-electron chi connectivity index (χ0n) is 10.8. The van der Waals surface area contributed by atoms with Gasteiger partial charge in [-0.05, 0) is 39.8 Å². The fraction of sp³-hybridized carbons (Fsp3) is 0.833. The average Bonchev–Trinajstić information content (AvgIpc) is 2.27. The van der Waals surface area contributed by atoms with E-state index in [1.165, 1.54) is 0 Å². The van der Waals surface area contributed by atoms with Crippen molar-refractivity contribution in [1.29, 1.82) is 0 Å². The monoisotopic (exact) mass is 232 g/mol. The van der Waals surface area contributed by atoms with Gasteiger partial charge in [-0.15, -0.1) is 0 Å². The van der Waals surface area contributed by atoms with E-state index >= 15 is 0 Å². The molecule has 0 amide bonds. The molecule has 0 saturated heterocycles. The van der Waals surface area contributed by atoms with E-state index in [0.29, 0.717) is 26.4 Å². The third-order valence-electron chi connectivity index (χ3n) is 1.75. The van der Waals surface area contributed by atoms with Gasteiger partial charge in [-0.3, -0.25) is 0 Å². The van der Waals surface area contributed by atoms with Gasteiger partial charge in [-0.1, -0.05) is 0 Å². The van der Waals surface area contributed by atoms with E-state index in [1.807, 2.05) is 39.8 Å². The molecule has 0 aromatic rings. The number of hydrogen-bond acceptors (Lipinski definition) is 4. The van der Waals surface area contributed by atoms with Crippen LogP contribution < -0.4 is 0 Å². The van der Waals surface area contributed by atoms with Crippen molar-refractivity contribution in [3.63, 3.8) is 0 Å². The van der Waals surface area contributed by atoms with Gasteiger partial charge in [0.1, 0.15) is 0 Å². The van der Waals surface area contributed by atoms with Crippen LogP contribution in [0.1, 0.15) is 27.7 Å². The van der Waals surface area contributed by atoms with Crippen LogP contribution >= 0.6 is 0 Å². The van der Waals surface area contributed by atoms with E-state index < -0.39 is 0 Å². The highest BCUT2D eigenvalue weighted by molar-refractivity contribution is 4.88. The summed E-state index contributed by atoms with van der Waals surface area (Å²) in [5.41, 5.74) is 0. The van der Waals surface area contributed by atoms with Gasteiger partial charge in [0.15, 0.2) is 12.6 Å². The summed E-state index contributed by atoms with van der Waals surface area (Å²) < 4.78 is 21.5. The minimum atomic E-state index is -0.321. The lowest BCUT2D eigenvalue weighted by Crippen LogP contribution is -2.18.